The first-order valence-electron chi connectivity index (χ1n) is 7.19. The van der Waals surface area contributed by atoms with Gasteiger partial charge in [0.1, 0.15) is 0 Å². The van der Waals surface area contributed by atoms with Gasteiger partial charge < -0.3 is 5.32 Å². The molecular formula is C17H20F2N2. The van der Waals surface area contributed by atoms with Gasteiger partial charge >= 0.3 is 0 Å². The van der Waals surface area contributed by atoms with Gasteiger partial charge in [0.2, 0.25) is 0 Å². The summed E-state index contributed by atoms with van der Waals surface area (Å²) in [4.78, 5) is 4.21. The average molecular weight is 290 g/mol. The van der Waals surface area contributed by atoms with Gasteiger partial charge in [-0.25, -0.2) is 8.78 Å². The van der Waals surface area contributed by atoms with Crippen LogP contribution in [0.5, 0.6) is 0 Å². The van der Waals surface area contributed by atoms with Crippen LogP contribution in [0.1, 0.15) is 36.1 Å². The summed E-state index contributed by atoms with van der Waals surface area (Å²) in [6.45, 7) is 4.95. The number of hydrogen-bond acceptors (Lipinski definition) is 2. The highest BCUT2D eigenvalue weighted by Crippen LogP contribution is 2.20. The van der Waals surface area contributed by atoms with E-state index in [0.717, 1.165) is 29.7 Å². The van der Waals surface area contributed by atoms with Crippen molar-refractivity contribution in [2.24, 2.45) is 0 Å². The number of hydrogen-bond donors (Lipinski definition) is 1. The fourth-order valence-corrected chi connectivity index (χ4v) is 2.30. The molecule has 0 fully saturated rings. The Morgan fingerprint density at radius 3 is 2.62 bits per heavy atom. The van der Waals surface area contributed by atoms with E-state index in [-0.39, 0.29) is 6.04 Å². The minimum Gasteiger partial charge on any atom is -0.310 e. The van der Waals surface area contributed by atoms with Crippen molar-refractivity contribution in [1.29, 1.82) is 0 Å². The molecule has 2 rings (SSSR count). The molecule has 112 valence electrons. The molecule has 0 spiro atoms. The van der Waals surface area contributed by atoms with Gasteiger partial charge in [-0.05, 0) is 55.1 Å². The molecule has 1 atom stereocenters. The summed E-state index contributed by atoms with van der Waals surface area (Å²) in [5, 5.41) is 3.44. The third-order valence-corrected chi connectivity index (χ3v) is 3.36. The van der Waals surface area contributed by atoms with Crippen LogP contribution in [0.3, 0.4) is 0 Å². The van der Waals surface area contributed by atoms with E-state index in [1.165, 1.54) is 12.1 Å². The first-order valence-corrected chi connectivity index (χ1v) is 7.19. The fraction of sp³-hybridized carbons (Fsp3) is 0.353. The molecule has 1 aromatic carbocycles. The van der Waals surface area contributed by atoms with Gasteiger partial charge in [-0.1, -0.05) is 19.1 Å². The Hall–Kier alpha value is -1.81. The van der Waals surface area contributed by atoms with Crippen molar-refractivity contribution in [3.8, 4) is 0 Å². The normalized spacial score (nSPS) is 12.4. The number of aromatic nitrogens is 1. The fourth-order valence-electron chi connectivity index (χ4n) is 2.30. The minimum atomic E-state index is -0.811. The van der Waals surface area contributed by atoms with Crippen LogP contribution in [0, 0.1) is 18.6 Å². The van der Waals surface area contributed by atoms with Crippen LogP contribution in [0.15, 0.2) is 36.7 Å². The van der Waals surface area contributed by atoms with Gasteiger partial charge in [0, 0.05) is 18.4 Å². The number of pyridine rings is 1. The molecule has 2 nitrogen and oxygen atoms in total. The lowest BCUT2D eigenvalue weighted by Crippen LogP contribution is -2.24. The maximum absolute atomic E-state index is 13.3. The van der Waals surface area contributed by atoms with Gasteiger partial charge in [0.25, 0.3) is 0 Å². The molecule has 2 aromatic rings. The van der Waals surface area contributed by atoms with Crippen molar-refractivity contribution < 1.29 is 8.78 Å². The molecule has 1 unspecified atom stereocenters. The molecule has 1 aromatic heterocycles. The molecule has 0 saturated heterocycles. The van der Waals surface area contributed by atoms with E-state index in [1.807, 2.05) is 13.1 Å². The zero-order valence-electron chi connectivity index (χ0n) is 12.4. The van der Waals surface area contributed by atoms with Crippen molar-refractivity contribution in [2.45, 2.75) is 32.7 Å². The lowest BCUT2D eigenvalue weighted by atomic mass is 9.99. The van der Waals surface area contributed by atoms with Crippen LogP contribution >= 0.6 is 0 Å². The molecule has 1 heterocycles. The monoisotopic (exact) mass is 290 g/mol. The number of nitrogens with zero attached hydrogens (tertiary/aromatic N) is 1. The second kappa shape index (κ2) is 7.27. The van der Waals surface area contributed by atoms with Crippen LogP contribution < -0.4 is 5.32 Å². The lowest BCUT2D eigenvalue weighted by Gasteiger charge is -2.19. The largest absolute Gasteiger partial charge is 0.310 e. The summed E-state index contributed by atoms with van der Waals surface area (Å²) in [5.74, 6) is -1.61. The standard InChI is InChI=1S/C17H20F2N2/c1-3-6-21-17(14-7-12(2)10-20-11-14)9-13-4-5-15(18)16(19)8-13/h4-5,7-8,10-11,17,21H,3,6,9H2,1-2H3. The van der Waals surface area contributed by atoms with E-state index >= 15 is 0 Å². The summed E-state index contributed by atoms with van der Waals surface area (Å²) < 4.78 is 26.4. The maximum atomic E-state index is 13.3. The van der Waals surface area contributed by atoms with Crippen LogP contribution in [-0.2, 0) is 6.42 Å². The Morgan fingerprint density at radius 2 is 1.95 bits per heavy atom. The van der Waals surface area contributed by atoms with E-state index < -0.39 is 11.6 Å². The molecule has 0 radical (unpaired) electrons. The molecule has 0 amide bonds. The summed E-state index contributed by atoms with van der Waals surface area (Å²) in [6.07, 6.45) is 5.23. The highest BCUT2D eigenvalue weighted by atomic mass is 19.2. The smallest absolute Gasteiger partial charge is 0.159 e. The van der Waals surface area contributed by atoms with Gasteiger partial charge in [-0.3, -0.25) is 4.98 Å². The highest BCUT2D eigenvalue weighted by molar-refractivity contribution is 5.25. The average Bonchev–Trinajstić information content (AvgIpc) is 2.47. The Bertz CT molecular complexity index is 599. The summed E-state index contributed by atoms with van der Waals surface area (Å²) in [6, 6.07) is 6.18. The topological polar surface area (TPSA) is 24.9 Å². The quantitative estimate of drug-likeness (QED) is 0.871. The Labute approximate surface area is 124 Å². The maximum Gasteiger partial charge on any atom is 0.159 e. The van der Waals surface area contributed by atoms with Gasteiger partial charge in [-0.15, -0.1) is 0 Å². The number of nitrogens with one attached hydrogen (secondary N) is 1. The third-order valence-electron chi connectivity index (χ3n) is 3.36. The van der Waals surface area contributed by atoms with Gasteiger partial charge in [0.05, 0.1) is 0 Å². The SMILES string of the molecule is CCCNC(Cc1ccc(F)c(F)c1)c1cncc(C)c1. The van der Waals surface area contributed by atoms with E-state index in [0.29, 0.717) is 6.42 Å². The van der Waals surface area contributed by atoms with Crippen molar-refractivity contribution in [3.05, 3.63) is 65.0 Å². The Balaban J connectivity index is 2.21. The van der Waals surface area contributed by atoms with E-state index in [1.54, 1.807) is 12.3 Å². The van der Waals surface area contributed by atoms with Crippen molar-refractivity contribution in [1.82, 2.24) is 10.3 Å². The summed E-state index contributed by atoms with van der Waals surface area (Å²) in [7, 11) is 0. The molecule has 21 heavy (non-hydrogen) atoms. The molecule has 4 heteroatoms. The zero-order valence-corrected chi connectivity index (χ0v) is 12.4. The predicted molar refractivity (Wildman–Crippen MR) is 80.1 cm³/mol. The summed E-state index contributed by atoms with van der Waals surface area (Å²) in [5.41, 5.74) is 2.92. The van der Waals surface area contributed by atoms with E-state index in [4.69, 9.17) is 0 Å². The first kappa shape index (κ1) is 15.6. The number of rotatable bonds is 6. The van der Waals surface area contributed by atoms with Crippen LogP contribution in [-0.4, -0.2) is 11.5 Å². The lowest BCUT2D eigenvalue weighted by molar-refractivity contribution is 0.499. The van der Waals surface area contributed by atoms with Crippen molar-refractivity contribution >= 4 is 0 Å². The van der Waals surface area contributed by atoms with E-state index in [9.17, 15) is 8.78 Å². The second-order valence-corrected chi connectivity index (χ2v) is 5.25. The van der Waals surface area contributed by atoms with Crippen LogP contribution in [0.25, 0.3) is 0 Å². The van der Waals surface area contributed by atoms with Gasteiger partial charge in [-0.2, -0.15) is 0 Å². The molecular weight excluding hydrogens is 270 g/mol. The predicted octanol–water partition coefficient (Wildman–Crippen LogP) is 3.95. The molecule has 1 N–H and O–H groups in total. The molecule has 0 bridgehead atoms. The number of halogens is 2. The third kappa shape index (κ3) is 4.33. The summed E-state index contributed by atoms with van der Waals surface area (Å²) >= 11 is 0. The molecule has 0 aliphatic heterocycles. The first-order chi connectivity index (χ1) is 10.1. The Morgan fingerprint density at radius 1 is 1.14 bits per heavy atom. The van der Waals surface area contributed by atoms with Crippen molar-refractivity contribution in [3.63, 3.8) is 0 Å². The molecule has 0 saturated carbocycles. The minimum absolute atomic E-state index is 0.0437. The molecule has 0 aliphatic rings. The van der Waals surface area contributed by atoms with Gasteiger partial charge in [0.15, 0.2) is 11.6 Å². The number of benzene rings is 1. The highest BCUT2D eigenvalue weighted by Gasteiger charge is 2.13. The van der Waals surface area contributed by atoms with Crippen molar-refractivity contribution in [2.75, 3.05) is 6.54 Å². The molecule has 0 aliphatic carbocycles. The Kier molecular flexibility index (Phi) is 5.39. The second-order valence-electron chi connectivity index (χ2n) is 5.25. The zero-order chi connectivity index (χ0) is 15.2. The van der Waals surface area contributed by atoms with Crippen LogP contribution in [0.4, 0.5) is 8.78 Å². The van der Waals surface area contributed by atoms with E-state index in [2.05, 4.69) is 23.3 Å². The number of aryl methyl sites for hydroxylation is 1. The van der Waals surface area contributed by atoms with Crippen LogP contribution in [0.2, 0.25) is 0 Å².